The maximum atomic E-state index is 12.2. The van der Waals surface area contributed by atoms with Gasteiger partial charge in [0.1, 0.15) is 0 Å². The number of carbonyl (C=O) groups excluding carboxylic acids is 1. The Morgan fingerprint density at radius 3 is 2.50 bits per heavy atom. The molecule has 0 saturated carbocycles. The van der Waals surface area contributed by atoms with E-state index in [-0.39, 0.29) is 6.61 Å². The molecule has 22 heavy (non-hydrogen) atoms. The molecule has 0 radical (unpaired) electrons. The molecule has 1 aromatic rings. The molecule has 1 N–H and O–H groups in total. The first-order valence-electron chi connectivity index (χ1n) is 7.32. The third-order valence-electron chi connectivity index (χ3n) is 4.19. The Labute approximate surface area is 130 Å². The fourth-order valence-electron chi connectivity index (χ4n) is 2.92. The highest BCUT2D eigenvalue weighted by Crippen LogP contribution is 2.41. The highest BCUT2D eigenvalue weighted by molar-refractivity contribution is 5.70. The van der Waals surface area contributed by atoms with Gasteiger partial charge in [-0.1, -0.05) is 0 Å². The van der Waals surface area contributed by atoms with Gasteiger partial charge in [-0.25, -0.2) is 4.79 Å². The molecule has 0 bridgehead atoms. The van der Waals surface area contributed by atoms with Crippen LogP contribution in [-0.4, -0.2) is 50.1 Å². The van der Waals surface area contributed by atoms with Gasteiger partial charge in [0.05, 0.1) is 33.0 Å². The van der Waals surface area contributed by atoms with Gasteiger partial charge in [0.15, 0.2) is 11.5 Å². The summed E-state index contributed by atoms with van der Waals surface area (Å²) in [7, 11) is 3.15. The fourth-order valence-corrected chi connectivity index (χ4v) is 2.92. The van der Waals surface area contributed by atoms with E-state index in [0.29, 0.717) is 31.1 Å². The van der Waals surface area contributed by atoms with Crippen molar-refractivity contribution in [2.45, 2.75) is 25.8 Å². The van der Waals surface area contributed by atoms with Crippen molar-refractivity contribution in [1.82, 2.24) is 4.90 Å². The van der Waals surface area contributed by atoms with E-state index in [0.717, 1.165) is 11.1 Å². The van der Waals surface area contributed by atoms with Crippen molar-refractivity contribution in [3.63, 3.8) is 0 Å². The van der Waals surface area contributed by atoms with Gasteiger partial charge in [-0.2, -0.15) is 0 Å². The lowest BCUT2D eigenvalue weighted by molar-refractivity contribution is 0.0200. The summed E-state index contributed by atoms with van der Waals surface area (Å²) in [6, 6.07) is 3.74. The molecule has 6 nitrogen and oxygen atoms in total. The smallest absolute Gasteiger partial charge is 0.410 e. The van der Waals surface area contributed by atoms with Crippen LogP contribution in [0.3, 0.4) is 0 Å². The largest absolute Gasteiger partial charge is 0.493 e. The van der Waals surface area contributed by atoms with E-state index in [1.165, 1.54) is 0 Å². The molecular formula is C16H23NO5. The van der Waals surface area contributed by atoms with Crippen molar-refractivity contribution >= 4 is 6.09 Å². The second-order valence-corrected chi connectivity index (χ2v) is 5.40. The van der Waals surface area contributed by atoms with Crippen LogP contribution in [0.1, 0.15) is 25.0 Å². The average Bonchev–Trinajstić information content (AvgIpc) is 2.54. The summed E-state index contributed by atoms with van der Waals surface area (Å²) in [5.41, 5.74) is 1.04. The van der Waals surface area contributed by atoms with Crippen molar-refractivity contribution in [3.8, 4) is 11.5 Å². The number of fused-ring (bicyclic) bond motifs is 1. The van der Waals surface area contributed by atoms with Gasteiger partial charge in [-0.15, -0.1) is 0 Å². The first kappa shape index (κ1) is 16.4. The van der Waals surface area contributed by atoms with Crippen molar-refractivity contribution in [3.05, 3.63) is 23.3 Å². The molecule has 0 unspecified atom stereocenters. The van der Waals surface area contributed by atoms with Crippen LogP contribution in [0.15, 0.2) is 12.1 Å². The van der Waals surface area contributed by atoms with E-state index in [1.807, 2.05) is 19.1 Å². The normalized spacial score (nSPS) is 20.3. The zero-order chi connectivity index (χ0) is 16.3. The predicted molar refractivity (Wildman–Crippen MR) is 81.4 cm³/mol. The second kappa shape index (κ2) is 6.44. The molecule has 0 aromatic heterocycles. The molecule has 1 atom stereocenters. The molecule has 1 amide bonds. The number of aliphatic hydroxyl groups is 1. The number of aliphatic hydroxyl groups excluding tert-OH is 1. The van der Waals surface area contributed by atoms with Crippen LogP contribution in [0.4, 0.5) is 4.79 Å². The molecule has 2 rings (SSSR count). The fraction of sp³-hybridized carbons (Fsp3) is 0.562. The quantitative estimate of drug-likeness (QED) is 0.920. The van der Waals surface area contributed by atoms with Crippen molar-refractivity contribution in [2.24, 2.45) is 0 Å². The summed E-state index contributed by atoms with van der Waals surface area (Å²) in [5, 5.41) is 9.95. The zero-order valence-corrected chi connectivity index (χ0v) is 13.5. The van der Waals surface area contributed by atoms with Crippen LogP contribution in [0.5, 0.6) is 11.5 Å². The Hall–Kier alpha value is -1.95. The summed E-state index contributed by atoms with van der Waals surface area (Å²) in [4.78, 5) is 13.8. The Morgan fingerprint density at radius 2 is 1.95 bits per heavy atom. The lowest BCUT2D eigenvalue weighted by Gasteiger charge is -2.44. The third kappa shape index (κ3) is 2.59. The number of nitrogens with zero attached hydrogens (tertiary/aromatic N) is 1. The topological polar surface area (TPSA) is 68.2 Å². The number of methoxy groups -OCH3 is 2. The third-order valence-corrected chi connectivity index (χ3v) is 4.19. The molecule has 6 heteroatoms. The lowest BCUT2D eigenvalue weighted by Crippen LogP contribution is -2.54. The lowest BCUT2D eigenvalue weighted by atomic mass is 9.82. The Morgan fingerprint density at radius 1 is 1.32 bits per heavy atom. The molecule has 0 saturated heterocycles. The molecule has 1 aromatic carbocycles. The Balaban J connectivity index is 2.51. The van der Waals surface area contributed by atoms with E-state index in [9.17, 15) is 9.90 Å². The molecule has 0 spiro atoms. The van der Waals surface area contributed by atoms with E-state index in [4.69, 9.17) is 14.2 Å². The van der Waals surface area contributed by atoms with E-state index in [1.54, 1.807) is 26.0 Å². The molecule has 1 heterocycles. The summed E-state index contributed by atoms with van der Waals surface area (Å²) in [5.74, 6) is 1.22. The molecule has 1 aliphatic rings. The first-order valence-corrected chi connectivity index (χ1v) is 7.32. The van der Waals surface area contributed by atoms with Crippen molar-refractivity contribution in [1.29, 1.82) is 0 Å². The number of amides is 1. The summed E-state index contributed by atoms with van der Waals surface area (Å²) >= 11 is 0. The van der Waals surface area contributed by atoms with Gasteiger partial charge < -0.3 is 19.3 Å². The van der Waals surface area contributed by atoms with Crippen LogP contribution >= 0.6 is 0 Å². The highest BCUT2D eigenvalue weighted by Gasteiger charge is 2.42. The molecule has 1 aliphatic heterocycles. The highest BCUT2D eigenvalue weighted by atomic mass is 16.6. The van der Waals surface area contributed by atoms with Crippen LogP contribution < -0.4 is 9.47 Å². The number of benzene rings is 1. The van der Waals surface area contributed by atoms with Crippen LogP contribution in [-0.2, 0) is 16.7 Å². The molecule has 0 fully saturated rings. The second-order valence-electron chi connectivity index (χ2n) is 5.40. The maximum Gasteiger partial charge on any atom is 0.410 e. The SMILES string of the molecule is CCOC(=O)N1CCc2cc(OC)c(OC)cc2[C@@]1(C)CO. The summed E-state index contributed by atoms with van der Waals surface area (Å²) in [6.07, 6.45) is 0.254. The standard InChI is InChI=1S/C16H23NO5/c1-5-22-15(19)17-7-6-11-8-13(20-3)14(21-4)9-12(11)16(17,2)10-18/h8-9,18H,5-7,10H2,1-4H3/t16-/m1/s1. The number of hydrogen-bond donors (Lipinski definition) is 1. The Kier molecular flexibility index (Phi) is 4.81. The van der Waals surface area contributed by atoms with Gasteiger partial charge in [0.25, 0.3) is 0 Å². The first-order chi connectivity index (χ1) is 10.5. The molecule has 0 aliphatic carbocycles. The van der Waals surface area contributed by atoms with Gasteiger partial charge in [0, 0.05) is 6.54 Å². The van der Waals surface area contributed by atoms with Crippen molar-refractivity contribution in [2.75, 3.05) is 34.0 Å². The number of rotatable bonds is 4. The van der Waals surface area contributed by atoms with E-state index < -0.39 is 11.6 Å². The minimum atomic E-state index is -0.848. The minimum absolute atomic E-state index is 0.200. The molecule has 122 valence electrons. The summed E-state index contributed by atoms with van der Waals surface area (Å²) in [6.45, 7) is 4.18. The van der Waals surface area contributed by atoms with Gasteiger partial charge in [-0.3, -0.25) is 4.90 Å². The number of hydrogen-bond acceptors (Lipinski definition) is 5. The predicted octanol–water partition coefficient (Wildman–Crippen LogP) is 1.93. The summed E-state index contributed by atoms with van der Waals surface area (Å²) < 4.78 is 15.8. The average molecular weight is 309 g/mol. The van der Waals surface area contributed by atoms with E-state index >= 15 is 0 Å². The van der Waals surface area contributed by atoms with Crippen LogP contribution in [0.25, 0.3) is 0 Å². The van der Waals surface area contributed by atoms with E-state index in [2.05, 4.69) is 0 Å². The number of ether oxygens (including phenoxy) is 3. The van der Waals surface area contributed by atoms with Gasteiger partial charge in [-0.05, 0) is 43.5 Å². The number of carbonyl (C=O) groups is 1. The zero-order valence-electron chi connectivity index (χ0n) is 13.5. The Bertz CT molecular complexity index is 560. The van der Waals surface area contributed by atoms with Crippen LogP contribution in [0.2, 0.25) is 0 Å². The maximum absolute atomic E-state index is 12.2. The van der Waals surface area contributed by atoms with Gasteiger partial charge in [0.2, 0.25) is 0 Å². The monoisotopic (exact) mass is 309 g/mol. The minimum Gasteiger partial charge on any atom is -0.493 e. The van der Waals surface area contributed by atoms with Gasteiger partial charge >= 0.3 is 6.09 Å². The van der Waals surface area contributed by atoms with Crippen molar-refractivity contribution < 1.29 is 24.1 Å². The molecular weight excluding hydrogens is 286 g/mol. The van der Waals surface area contributed by atoms with Crippen LogP contribution in [0, 0.1) is 0 Å².